The zero-order valence-corrected chi connectivity index (χ0v) is 20.5. The lowest BCUT2D eigenvalue weighted by Crippen LogP contribution is -2.19. The summed E-state index contributed by atoms with van der Waals surface area (Å²) in [6, 6.07) is 18.0. The monoisotopic (exact) mass is 521 g/mol. The van der Waals surface area contributed by atoms with Crippen molar-refractivity contribution in [1.29, 1.82) is 0 Å². The van der Waals surface area contributed by atoms with E-state index in [2.05, 4.69) is 14.4 Å². The number of hydrogen-bond donors (Lipinski definition) is 1. The van der Waals surface area contributed by atoms with Crippen LogP contribution in [0.1, 0.15) is 0 Å². The minimum Gasteiger partial charge on any atom is -0.497 e. The highest BCUT2D eigenvalue weighted by atomic mass is 32.2. The van der Waals surface area contributed by atoms with Gasteiger partial charge in [-0.25, -0.2) is 12.8 Å². The molecule has 0 atom stereocenters. The molecule has 0 saturated carbocycles. The number of pyridine rings is 1. The molecule has 0 bridgehead atoms. The first-order valence-corrected chi connectivity index (χ1v) is 12.4. The molecular weight excluding hydrogens is 501 g/mol. The fourth-order valence-electron chi connectivity index (χ4n) is 3.97. The van der Waals surface area contributed by atoms with Gasteiger partial charge in [-0.05, 0) is 48.0 Å². The number of ether oxygens (including phenoxy) is 2. The molecule has 2 aromatic heterocycles. The van der Waals surface area contributed by atoms with Crippen LogP contribution in [-0.2, 0) is 10.0 Å². The first-order valence-electron chi connectivity index (χ1n) is 10.9. The van der Waals surface area contributed by atoms with E-state index in [1.165, 1.54) is 66.5 Å². The Morgan fingerprint density at radius 1 is 0.946 bits per heavy atom. The Morgan fingerprint density at radius 2 is 1.73 bits per heavy atom. The predicted octanol–water partition coefficient (Wildman–Crippen LogP) is 4.60. The van der Waals surface area contributed by atoms with E-state index in [1.807, 2.05) is 0 Å². The number of nitrogens with zero attached hydrogens (tertiary/aromatic N) is 2. The van der Waals surface area contributed by atoms with E-state index in [-0.39, 0.29) is 27.7 Å². The maximum atomic E-state index is 15.3. The molecule has 0 aliphatic heterocycles. The van der Waals surface area contributed by atoms with Crippen molar-refractivity contribution in [3.05, 3.63) is 95.2 Å². The average Bonchev–Trinajstić information content (AvgIpc) is 3.40. The van der Waals surface area contributed by atoms with Crippen LogP contribution in [0.2, 0.25) is 0 Å². The molecule has 9 nitrogen and oxygen atoms in total. The number of anilines is 1. The third-order valence-corrected chi connectivity index (χ3v) is 7.12. The molecule has 188 valence electrons. The maximum absolute atomic E-state index is 15.3. The van der Waals surface area contributed by atoms with Gasteiger partial charge in [-0.2, -0.15) is 0 Å². The Kier molecular flexibility index (Phi) is 6.14. The first kappa shape index (κ1) is 24.1. The van der Waals surface area contributed by atoms with Crippen molar-refractivity contribution >= 4 is 26.7 Å². The van der Waals surface area contributed by atoms with Gasteiger partial charge in [0.05, 0.1) is 30.3 Å². The van der Waals surface area contributed by atoms with E-state index >= 15 is 4.39 Å². The lowest BCUT2D eigenvalue weighted by Gasteiger charge is -2.16. The predicted molar refractivity (Wildman–Crippen MR) is 135 cm³/mol. The van der Waals surface area contributed by atoms with E-state index in [9.17, 15) is 13.2 Å². The van der Waals surface area contributed by atoms with Crippen LogP contribution in [0.5, 0.6) is 11.5 Å². The molecule has 0 saturated heterocycles. The van der Waals surface area contributed by atoms with Crippen LogP contribution >= 0.6 is 0 Å². The van der Waals surface area contributed by atoms with Gasteiger partial charge in [0.1, 0.15) is 23.6 Å². The third kappa shape index (κ3) is 4.52. The lowest BCUT2D eigenvalue weighted by molar-refractivity contribution is 0.412. The van der Waals surface area contributed by atoms with Gasteiger partial charge in [-0.1, -0.05) is 17.3 Å². The highest BCUT2D eigenvalue weighted by molar-refractivity contribution is 7.92. The standard InChI is InChI=1S/C26H20FN3O6S/c1-34-18-6-3-16(4-7-18)20-14-24(35-2)23(15-21(20)27)30-22-9-8-19(13-17(22)5-10-26(30)31)37(32,33)29-25-11-12-36-28-25/h3-15H,1-2H3,(H,28,29). The van der Waals surface area contributed by atoms with E-state index in [0.717, 1.165) is 0 Å². The van der Waals surface area contributed by atoms with E-state index in [4.69, 9.17) is 9.47 Å². The average molecular weight is 522 g/mol. The summed E-state index contributed by atoms with van der Waals surface area (Å²) in [7, 11) is -1.01. The molecule has 2 heterocycles. The van der Waals surface area contributed by atoms with Gasteiger partial charge in [-0.15, -0.1) is 0 Å². The van der Waals surface area contributed by atoms with Gasteiger partial charge < -0.3 is 14.0 Å². The summed E-state index contributed by atoms with van der Waals surface area (Å²) in [5.41, 5.74) is 0.970. The molecular formula is C26H20FN3O6S. The summed E-state index contributed by atoms with van der Waals surface area (Å²) in [5, 5.41) is 3.99. The fraction of sp³-hybridized carbons (Fsp3) is 0.0769. The van der Waals surface area contributed by atoms with Crippen LogP contribution in [0, 0.1) is 5.82 Å². The maximum Gasteiger partial charge on any atom is 0.263 e. The largest absolute Gasteiger partial charge is 0.497 e. The number of benzene rings is 3. The topological polar surface area (TPSA) is 113 Å². The molecule has 0 spiro atoms. The minimum absolute atomic E-state index is 0.0298. The number of methoxy groups -OCH3 is 2. The SMILES string of the molecule is COc1ccc(-c2cc(OC)c(-n3c(=O)ccc4cc(S(=O)(=O)Nc5ccon5)ccc43)cc2F)cc1. The first-order chi connectivity index (χ1) is 17.8. The smallest absolute Gasteiger partial charge is 0.263 e. The number of hydrogen-bond acceptors (Lipinski definition) is 7. The van der Waals surface area contributed by atoms with Crippen LogP contribution in [0.4, 0.5) is 10.2 Å². The fourth-order valence-corrected chi connectivity index (χ4v) is 5.00. The Labute approximate surface area is 210 Å². The minimum atomic E-state index is -3.98. The van der Waals surface area contributed by atoms with Crippen molar-refractivity contribution in [3.63, 3.8) is 0 Å². The van der Waals surface area contributed by atoms with Crippen LogP contribution in [0.3, 0.4) is 0 Å². The third-order valence-electron chi connectivity index (χ3n) is 5.76. The van der Waals surface area contributed by atoms with E-state index in [0.29, 0.717) is 22.2 Å². The van der Waals surface area contributed by atoms with E-state index in [1.54, 1.807) is 31.4 Å². The summed E-state index contributed by atoms with van der Waals surface area (Å²) in [6.45, 7) is 0. The molecule has 0 unspecified atom stereocenters. The van der Waals surface area contributed by atoms with Crippen molar-refractivity contribution in [2.75, 3.05) is 18.9 Å². The summed E-state index contributed by atoms with van der Waals surface area (Å²) in [6.07, 6.45) is 1.24. The van der Waals surface area contributed by atoms with Gasteiger partial charge in [0.2, 0.25) is 0 Å². The summed E-state index contributed by atoms with van der Waals surface area (Å²) < 4.78 is 59.9. The highest BCUT2D eigenvalue weighted by Crippen LogP contribution is 2.34. The number of halogens is 1. The molecule has 0 aliphatic carbocycles. The van der Waals surface area contributed by atoms with Crippen LogP contribution in [0.15, 0.2) is 93.3 Å². The zero-order valence-electron chi connectivity index (χ0n) is 19.6. The van der Waals surface area contributed by atoms with Crippen LogP contribution in [0.25, 0.3) is 27.7 Å². The number of nitrogens with one attached hydrogen (secondary N) is 1. The summed E-state index contributed by atoms with van der Waals surface area (Å²) in [5.74, 6) is 0.349. The number of aromatic nitrogens is 2. The molecule has 37 heavy (non-hydrogen) atoms. The zero-order chi connectivity index (χ0) is 26.2. The van der Waals surface area contributed by atoms with Crippen molar-refractivity contribution in [1.82, 2.24) is 9.72 Å². The molecule has 3 aromatic carbocycles. The van der Waals surface area contributed by atoms with Gasteiger partial charge >= 0.3 is 0 Å². The van der Waals surface area contributed by atoms with Gasteiger partial charge in [0.25, 0.3) is 15.6 Å². The van der Waals surface area contributed by atoms with Gasteiger partial charge in [-0.3, -0.25) is 14.1 Å². The normalized spacial score (nSPS) is 11.4. The molecule has 1 N–H and O–H groups in total. The summed E-state index contributed by atoms with van der Waals surface area (Å²) in [4.78, 5) is 12.9. The van der Waals surface area contributed by atoms with Gasteiger partial charge in [0, 0.05) is 29.1 Å². The Hall–Kier alpha value is -4.64. The summed E-state index contributed by atoms with van der Waals surface area (Å²) >= 11 is 0. The second-order valence-electron chi connectivity index (χ2n) is 7.95. The number of sulfonamides is 1. The molecule has 0 fully saturated rings. The second kappa shape index (κ2) is 9.43. The second-order valence-corrected chi connectivity index (χ2v) is 9.63. The lowest BCUT2D eigenvalue weighted by atomic mass is 10.0. The van der Waals surface area contributed by atoms with Gasteiger partial charge in [0.15, 0.2) is 5.82 Å². The van der Waals surface area contributed by atoms with Crippen molar-refractivity contribution in [3.8, 4) is 28.3 Å². The van der Waals surface area contributed by atoms with Crippen molar-refractivity contribution < 1.29 is 26.8 Å². The Morgan fingerprint density at radius 3 is 2.41 bits per heavy atom. The number of rotatable bonds is 7. The molecule has 5 aromatic rings. The Balaban J connectivity index is 1.62. The highest BCUT2D eigenvalue weighted by Gasteiger charge is 2.20. The molecule has 0 radical (unpaired) electrons. The quantitative estimate of drug-likeness (QED) is 0.333. The number of fused-ring (bicyclic) bond motifs is 1. The van der Waals surface area contributed by atoms with Crippen LogP contribution < -0.4 is 19.8 Å². The van der Waals surface area contributed by atoms with Crippen LogP contribution in [-0.4, -0.2) is 32.4 Å². The molecule has 11 heteroatoms. The molecule has 0 amide bonds. The molecule has 0 aliphatic rings. The molecule has 5 rings (SSSR count). The van der Waals surface area contributed by atoms with Crippen molar-refractivity contribution in [2.45, 2.75) is 4.90 Å². The van der Waals surface area contributed by atoms with E-state index < -0.39 is 21.4 Å². The van der Waals surface area contributed by atoms with Crippen molar-refractivity contribution in [2.24, 2.45) is 0 Å². The Bertz CT molecular complexity index is 1770.